The summed E-state index contributed by atoms with van der Waals surface area (Å²) in [6.07, 6.45) is 2.90. The normalized spacial score (nSPS) is 12.6. The second kappa shape index (κ2) is 16.3. The second-order valence-electron chi connectivity index (χ2n) is 11.2. The number of thioether (sulfide) groups is 1. The van der Waals surface area contributed by atoms with Gasteiger partial charge in [-0.1, -0.05) is 83.0 Å². The first kappa shape index (κ1) is 35.3. The lowest BCUT2D eigenvalue weighted by Gasteiger charge is -2.34. The molecular weight excluding hydrogens is 682 g/mol. The molecule has 4 aromatic carbocycles. The number of anilines is 1. The van der Waals surface area contributed by atoms with E-state index in [1.165, 1.54) is 16.7 Å². The summed E-state index contributed by atoms with van der Waals surface area (Å²) >= 11 is 5.03. The zero-order valence-corrected chi connectivity index (χ0v) is 29.7. The van der Waals surface area contributed by atoms with Gasteiger partial charge < -0.3 is 10.2 Å². The molecule has 2 atom stereocenters. The van der Waals surface area contributed by atoms with Gasteiger partial charge in [0.2, 0.25) is 11.8 Å². The predicted molar refractivity (Wildman–Crippen MR) is 190 cm³/mol. The number of aryl methyl sites for hydroxylation is 1. The summed E-state index contributed by atoms with van der Waals surface area (Å²) in [7, 11) is -4.16. The van der Waals surface area contributed by atoms with E-state index in [0.717, 1.165) is 36.8 Å². The Morgan fingerprint density at radius 3 is 2.15 bits per heavy atom. The van der Waals surface area contributed by atoms with Gasteiger partial charge in [-0.25, -0.2) is 8.42 Å². The van der Waals surface area contributed by atoms with Crippen LogP contribution in [0.5, 0.6) is 0 Å². The molecule has 10 heteroatoms. The number of rotatable bonds is 14. The Kier molecular flexibility index (Phi) is 12.5. The lowest BCUT2D eigenvalue weighted by molar-refractivity contribution is -0.140. The maximum atomic E-state index is 14.6. The Labute approximate surface area is 285 Å². The molecule has 0 radical (unpaired) electrons. The summed E-state index contributed by atoms with van der Waals surface area (Å²) in [6.45, 7) is 5.43. The van der Waals surface area contributed by atoms with Crippen LogP contribution < -0.4 is 9.62 Å². The summed E-state index contributed by atoms with van der Waals surface area (Å²) in [6, 6.07) is 29.7. The maximum Gasteiger partial charge on any atom is 0.264 e. The molecule has 0 aliphatic rings. The van der Waals surface area contributed by atoms with E-state index in [9.17, 15) is 18.0 Å². The molecule has 242 valence electrons. The Hall–Kier alpha value is -3.60. The lowest BCUT2D eigenvalue weighted by atomic mass is 10.0. The van der Waals surface area contributed by atoms with E-state index < -0.39 is 28.5 Å². The first-order valence-electron chi connectivity index (χ1n) is 15.1. The van der Waals surface area contributed by atoms with Crippen molar-refractivity contribution in [3.05, 3.63) is 124 Å². The third kappa shape index (κ3) is 9.24. The maximum absolute atomic E-state index is 14.6. The van der Waals surface area contributed by atoms with Crippen molar-refractivity contribution in [1.82, 2.24) is 10.2 Å². The smallest absolute Gasteiger partial charge is 0.264 e. The third-order valence-electron chi connectivity index (χ3n) is 7.76. The molecule has 0 unspecified atom stereocenters. The zero-order chi connectivity index (χ0) is 33.3. The van der Waals surface area contributed by atoms with E-state index in [1.54, 1.807) is 36.4 Å². The first-order valence-corrected chi connectivity index (χ1v) is 18.6. The van der Waals surface area contributed by atoms with Crippen LogP contribution in [-0.4, -0.2) is 50.0 Å². The molecule has 4 rings (SSSR count). The SMILES string of the molecule is CC[C@H](C)NC(=O)[C@@H](Cc1ccccc1)N(Cc1cccc(Br)c1)C(=O)CN(c1ccc(C)cc1)S(=O)(=O)c1ccc(SC)cc1. The number of sulfonamides is 1. The van der Waals surface area contributed by atoms with Gasteiger partial charge in [0.25, 0.3) is 10.0 Å². The van der Waals surface area contributed by atoms with Crippen molar-refractivity contribution < 1.29 is 18.0 Å². The van der Waals surface area contributed by atoms with Crippen molar-refractivity contribution in [3.63, 3.8) is 0 Å². The Balaban J connectivity index is 1.80. The molecule has 0 aliphatic heterocycles. The van der Waals surface area contributed by atoms with Crippen molar-refractivity contribution in [2.45, 2.75) is 62.0 Å². The molecule has 4 aromatic rings. The number of hydrogen-bond donors (Lipinski definition) is 1. The summed E-state index contributed by atoms with van der Waals surface area (Å²) in [5.74, 6) is -0.788. The van der Waals surface area contributed by atoms with Gasteiger partial charge in [0.1, 0.15) is 12.6 Å². The van der Waals surface area contributed by atoms with E-state index in [1.807, 2.05) is 93.8 Å². The van der Waals surface area contributed by atoms with Crippen LogP contribution in [0.4, 0.5) is 5.69 Å². The second-order valence-corrected chi connectivity index (χ2v) is 14.9. The van der Waals surface area contributed by atoms with Crippen molar-refractivity contribution in [2.24, 2.45) is 0 Å². The molecule has 2 amide bonds. The largest absolute Gasteiger partial charge is 0.352 e. The number of nitrogens with zero attached hydrogens (tertiary/aromatic N) is 2. The quantitative estimate of drug-likeness (QED) is 0.139. The van der Waals surface area contributed by atoms with E-state index >= 15 is 0 Å². The van der Waals surface area contributed by atoms with Crippen molar-refractivity contribution in [1.29, 1.82) is 0 Å². The van der Waals surface area contributed by atoms with Gasteiger partial charge in [-0.2, -0.15) is 0 Å². The minimum atomic E-state index is -4.16. The van der Waals surface area contributed by atoms with E-state index in [-0.39, 0.29) is 29.8 Å². The summed E-state index contributed by atoms with van der Waals surface area (Å²) in [5.41, 5.74) is 3.00. The number of carbonyl (C=O) groups is 2. The Bertz CT molecular complexity index is 1720. The average molecular weight is 723 g/mol. The molecule has 0 saturated carbocycles. The molecule has 0 fully saturated rings. The molecular formula is C36H40BrN3O4S2. The fraction of sp³-hybridized carbons (Fsp3) is 0.278. The highest BCUT2D eigenvalue weighted by molar-refractivity contribution is 9.10. The van der Waals surface area contributed by atoms with Crippen molar-refractivity contribution in [2.75, 3.05) is 17.1 Å². The third-order valence-corrected chi connectivity index (χ3v) is 10.8. The number of halogens is 1. The standard InChI is InChI=1S/C36H40BrN3O4S2/c1-5-27(3)38-36(42)34(23-28-10-7-6-8-11-28)39(24-29-12-9-13-30(37)22-29)35(41)25-40(31-16-14-26(2)15-17-31)46(43,44)33-20-18-32(45-4)19-21-33/h6-22,27,34H,5,23-25H2,1-4H3,(H,38,42)/t27-,34+/m0/s1. The topological polar surface area (TPSA) is 86.8 Å². The van der Waals surface area contributed by atoms with Crippen molar-refractivity contribution in [3.8, 4) is 0 Å². The number of nitrogens with one attached hydrogen (secondary N) is 1. The Morgan fingerprint density at radius 1 is 0.891 bits per heavy atom. The van der Waals surface area contributed by atoms with Gasteiger partial charge in [-0.05, 0) is 86.2 Å². The van der Waals surface area contributed by atoms with E-state index in [4.69, 9.17) is 0 Å². The summed E-state index contributed by atoms with van der Waals surface area (Å²) in [5, 5.41) is 3.06. The van der Waals surface area contributed by atoms with Crippen LogP contribution in [-0.2, 0) is 32.6 Å². The number of amides is 2. The van der Waals surface area contributed by atoms with Gasteiger partial charge in [-0.15, -0.1) is 11.8 Å². The Morgan fingerprint density at radius 2 is 1.54 bits per heavy atom. The molecule has 0 bridgehead atoms. The minimum absolute atomic E-state index is 0.0764. The van der Waals surface area contributed by atoms with Crippen LogP contribution in [0.3, 0.4) is 0 Å². The van der Waals surface area contributed by atoms with E-state index in [0.29, 0.717) is 5.69 Å². The van der Waals surface area contributed by atoms with Gasteiger partial charge >= 0.3 is 0 Å². The van der Waals surface area contributed by atoms with Crippen molar-refractivity contribution >= 4 is 55.2 Å². The average Bonchev–Trinajstić information content (AvgIpc) is 3.06. The monoisotopic (exact) mass is 721 g/mol. The minimum Gasteiger partial charge on any atom is -0.352 e. The van der Waals surface area contributed by atoms with Crippen LogP contribution in [0.1, 0.15) is 37.0 Å². The molecule has 0 saturated heterocycles. The molecule has 0 aromatic heterocycles. The molecule has 0 heterocycles. The fourth-order valence-electron chi connectivity index (χ4n) is 4.94. The number of hydrogen-bond acceptors (Lipinski definition) is 5. The van der Waals surface area contributed by atoms with Crippen LogP contribution >= 0.6 is 27.7 Å². The molecule has 1 N–H and O–H groups in total. The van der Waals surface area contributed by atoms with Gasteiger partial charge in [0.15, 0.2) is 0 Å². The molecule has 46 heavy (non-hydrogen) atoms. The predicted octanol–water partition coefficient (Wildman–Crippen LogP) is 7.23. The van der Waals surface area contributed by atoms with Crippen LogP contribution in [0, 0.1) is 6.92 Å². The molecule has 0 spiro atoms. The molecule has 0 aliphatic carbocycles. The summed E-state index contributed by atoms with van der Waals surface area (Å²) in [4.78, 5) is 31.0. The van der Waals surface area contributed by atoms with Crippen LogP contribution in [0.25, 0.3) is 0 Å². The number of benzene rings is 4. The highest BCUT2D eigenvalue weighted by atomic mass is 79.9. The van der Waals surface area contributed by atoms with Gasteiger partial charge in [0.05, 0.1) is 10.6 Å². The van der Waals surface area contributed by atoms with Crippen LogP contribution in [0.2, 0.25) is 0 Å². The number of carbonyl (C=O) groups excluding carboxylic acids is 2. The molecule has 7 nitrogen and oxygen atoms in total. The summed E-state index contributed by atoms with van der Waals surface area (Å²) < 4.78 is 30.4. The highest BCUT2D eigenvalue weighted by Crippen LogP contribution is 2.27. The van der Waals surface area contributed by atoms with Gasteiger partial charge in [0, 0.05) is 28.4 Å². The van der Waals surface area contributed by atoms with E-state index in [2.05, 4.69) is 21.2 Å². The first-order chi connectivity index (χ1) is 22.0. The zero-order valence-electron chi connectivity index (χ0n) is 26.5. The fourth-order valence-corrected chi connectivity index (χ4v) is 7.21. The lowest BCUT2D eigenvalue weighted by Crippen LogP contribution is -2.54. The van der Waals surface area contributed by atoms with Crippen LogP contribution in [0.15, 0.2) is 117 Å². The highest BCUT2D eigenvalue weighted by Gasteiger charge is 2.35. The van der Waals surface area contributed by atoms with Gasteiger partial charge in [-0.3, -0.25) is 13.9 Å².